The summed E-state index contributed by atoms with van der Waals surface area (Å²) in [6, 6.07) is 9.74. The van der Waals surface area contributed by atoms with Crippen LogP contribution in [0.5, 0.6) is 17.2 Å². The van der Waals surface area contributed by atoms with Crippen molar-refractivity contribution < 1.29 is 19.0 Å². The molecule has 3 rings (SSSR count). The standard InChI is InChI=1S/C20H22BrNO4/c1-13-4-5-17(16(21)8-13)26-12-20(23)22-7-6-14-9-18(24-2)19(25-3)10-15(14)11-22/h4-5,8-10H,6-7,11-12H2,1-3H3. The lowest BCUT2D eigenvalue weighted by atomic mass is 9.99. The molecule has 0 saturated carbocycles. The predicted molar refractivity (Wildman–Crippen MR) is 103 cm³/mol. The van der Waals surface area contributed by atoms with E-state index in [1.54, 1.807) is 14.2 Å². The summed E-state index contributed by atoms with van der Waals surface area (Å²) in [5, 5.41) is 0. The van der Waals surface area contributed by atoms with E-state index < -0.39 is 0 Å². The molecule has 0 fully saturated rings. The van der Waals surface area contributed by atoms with Crippen molar-refractivity contribution in [2.24, 2.45) is 0 Å². The van der Waals surface area contributed by atoms with Gasteiger partial charge in [0.05, 0.1) is 18.7 Å². The summed E-state index contributed by atoms with van der Waals surface area (Å²) in [6.07, 6.45) is 0.787. The Hall–Kier alpha value is -2.21. The van der Waals surface area contributed by atoms with E-state index in [1.165, 1.54) is 5.56 Å². The van der Waals surface area contributed by atoms with E-state index >= 15 is 0 Å². The molecule has 1 amide bonds. The third kappa shape index (κ3) is 3.96. The van der Waals surface area contributed by atoms with Gasteiger partial charge in [-0.25, -0.2) is 0 Å². The van der Waals surface area contributed by atoms with Crippen molar-refractivity contribution in [2.75, 3.05) is 27.4 Å². The molecule has 0 unspecified atom stereocenters. The zero-order valence-corrected chi connectivity index (χ0v) is 16.8. The Labute approximate surface area is 162 Å². The molecule has 0 spiro atoms. The van der Waals surface area contributed by atoms with Gasteiger partial charge in [-0.2, -0.15) is 0 Å². The molecule has 0 radical (unpaired) electrons. The topological polar surface area (TPSA) is 48.0 Å². The number of halogens is 1. The average Bonchev–Trinajstić information content (AvgIpc) is 2.65. The molecule has 2 aromatic rings. The lowest BCUT2D eigenvalue weighted by Gasteiger charge is -2.29. The maximum Gasteiger partial charge on any atom is 0.260 e. The average molecular weight is 420 g/mol. The van der Waals surface area contributed by atoms with Crippen LogP contribution in [0.25, 0.3) is 0 Å². The van der Waals surface area contributed by atoms with Crippen LogP contribution in [0.2, 0.25) is 0 Å². The molecular weight excluding hydrogens is 398 g/mol. The molecule has 1 heterocycles. The minimum absolute atomic E-state index is 0.0181. The van der Waals surface area contributed by atoms with E-state index in [-0.39, 0.29) is 12.5 Å². The minimum Gasteiger partial charge on any atom is -0.493 e. The number of fused-ring (bicyclic) bond motifs is 1. The molecule has 26 heavy (non-hydrogen) atoms. The number of carbonyl (C=O) groups is 1. The Morgan fingerprint density at radius 3 is 2.42 bits per heavy atom. The third-order valence-electron chi connectivity index (χ3n) is 4.51. The molecule has 0 N–H and O–H groups in total. The largest absolute Gasteiger partial charge is 0.493 e. The fraction of sp³-hybridized carbons (Fsp3) is 0.350. The van der Waals surface area contributed by atoms with E-state index in [0.717, 1.165) is 27.8 Å². The fourth-order valence-corrected chi connectivity index (χ4v) is 3.66. The first-order valence-electron chi connectivity index (χ1n) is 8.42. The smallest absolute Gasteiger partial charge is 0.260 e. The molecule has 0 aromatic heterocycles. The normalized spacial score (nSPS) is 13.2. The summed E-state index contributed by atoms with van der Waals surface area (Å²) >= 11 is 3.47. The number of aryl methyl sites for hydroxylation is 1. The Kier molecular flexibility index (Phi) is 5.71. The van der Waals surface area contributed by atoms with E-state index in [0.29, 0.717) is 24.6 Å². The molecule has 138 valence electrons. The van der Waals surface area contributed by atoms with E-state index in [9.17, 15) is 4.79 Å². The summed E-state index contributed by atoms with van der Waals surface area (Å²) in [7, 11) is 3.24. The van der Waals surface area contributed by atoms with Gasteiger partial charge in [-0.1, -0.05) is 6.07 Å². The molecule has 1 aliphatic heterocycles. The van der Waals surface area contributed by atoms with Crippen LogP contribution in [-0.4, -0.2) is 38.2 Å². The van der Waals surface area contributed by atoms with Crippen molar-refractivity contribution in [3.05, 3.63) is 51.5 Å². The van der Waals surface area contributed by atoms with Gasteiger partial charge in [-0.3, -0.25) is 4.79 Å². The van der Waals surface area contributed by atoms with Gasteiger partial charge in [-0.05, 0) is 70.2 Å². The summed E-state index contributed by atoms with van der Waals surface area (Å²) in [4.78, 5) is 14.4. The molecule has 2 aromatic carbocycles. The van der Waals surface area contributed by atoms with E-state index in [2.05, 4.69) is 15.9 Å². The number of hydrogen-bond donors (Lipinski definition) is 0. The van der Waals surface area contributed by atoms with Crippen molar-refractivity contribution >= 4 is 21.8 Å². The van der Waals surface area contributed by atoms with Gasteiger partial charge in [0.25, 0.3) is 5.91 Å². The van der Waals surface area contributed by atoms with Crippen LogP contribution in [0, 0.1) is 6.92 Å². The molecule has 0 aliphatic carbocycles. The van der Waals surface area contributed by atoms with Gasteiger partial charge in [0.1, 0.15) is 5.75 Å². The molecular formula is C20H22BrNO4. The second kappa shape index (κ2) is 7.99. The zero-order chi connectivity index (χ0) is 18.7. The first-order chi connectivity index (χ1) is 12.5. The highest BCUT2D eigenvalue weighted by Gasteiger charge is 2.23. The Balaban J connectivity index is 1.67. The maximum absolute atomic E-state index is 12.6. The quantitative estimate of drug-likeness (QED) is 0.740. The molecule has 1 aliphatic rings. The predicted octanol–water partition coefficient (Wildman–Crippen LogP) is 3.74. The highest BCUT2D eigenvalue weighted by Crippen LogP contribution is 2.33. The number of benzene rings is 2. The SMILES string of the molecule is COc1cc2c(cc1OC)CN(C(=O)COc1ccc(C)cc1Br)CC2. The van der Waals surface area contributed by atoms with Crippen molar-refractivity contribution in [2.45, 2.75) is 19.9 Å². The second-order valence-corrected chi connectivity index (χ2v) is 7.12. The van der Waals surface area contributed by atoms with Crippen molar-refractivity contribution in [3.8, 4) is 17.2 Å². The molecule has 6 heteroatoms. The highest BCUT2D eigenvalue weighted by molar-refractivity contribution is 9.10. The lowest BCUT2D eigenvalue weighted by molar-refractivity contribution is -0.134. The number of carbonyl (C=O) groups excluding carboxylic acids is 1. The third-order valence-corrected chi connectivity index (χ3v) is 5.13. The highest BCUT2D eigenvalue weighted by atomic mass is 79.9. The van der Waals surface area contributed by atoms with Crippen LogP contribution in [-0.2, 0) is 17.8 Å². The van der Waals surface area contributed by atoms with Crippen LogP contribution >= 0.6 is 15.9 Å². The van der Waals surface area contributed by atoms with Gasteiger partial charge in [0.15, 0.2) is 18.1 Å². The number of methoxy groups -OCH3 is 2. The van der Waals surface area contributed by atoms with Gasteiger partial charge in [0.2, 0.25) is 0 Å². The summed E-state index contributed by atoms with van der Waals surface area (Å²) in [5.41, 5.74) is 3.40. The molecule has 0 atom stereocenters. The molecule has 0 saturated heterocycles. The Bertz CT molecular complexity index is 822. The van der Waals surface area contributed by atoms with Crippen molar-refractivity contribution in [1.29, 1.82) is 0 Å². The van der Waals surface area contributed by atoms with E-state index in [1.807, 2.05) is 42.2 Å². The minimum atomic E-state index is -0.0297. The Morgan fingerprint density at radius 1 is 1.08 bits per heavy atom. The van der Waals surface area contributed by atoms with Crippen LogP contribution < -0.4 is 14.2 Å². The Morgan fingerprint density at radius 2 is 1.77 bits per heavy atom. The first kappa shape index (κ1) is 18.6. The monoisotopic (exact) mass is 419 g/mol. The van der Waals surface area contributed by atoms with Gasteiger partial charge in [-0.15, -0.1) is 0 Å². The van der Waals surface area contributed by atoms with Crippen LogP contribution in [0.3, 0.4) is 0 Å². The zero-order valence-electron chi connectivity index (χ0n) is 15.2. The number of nitrogens with zero attached hydrogens (tertiary/aromatic N) is 1. The van der Waals surface area contributed by atoms with Crippen molar-refractivity contribution in [1.82, 2.24) is 4.90 Å². The second-order valence-electron chi connectivity index (χ2n) is 6.26. The number of hydrogen-bond acceptors (Lipinski definition) is 4. The van der Waals surface area contributed by atoms with Gasteiger partial charge in [0, 0.05) is 13.1 Å². The maximum atomic E-state index is 12.6. The van der Waals surface area contributed by atoms with E-state index in [4.69, 9.17) is 14.2 Å². The van der Waals surface area contributed by atoms with Crippen LogP contribution in [0.15, 0.2) is 34.8 Å². The first-order valence-corrected chi connectivity index (χ1v) is 9.21. The molecule has 5 nitrogen and oxygen atoms in total. The number of rotatable bonds is 5. The van der Waals surface area contributed by atoms with Crippen LogP contribution in [0.4, 0.5) is 0 Å². The van der Waals surface area contributed by atoms with Gasteiger partial charge < -0.3 is 19.1 Å². The van der Waals surface area contributed by atoms with Crippen molar-refractivity contribution in [3.63, 3.8) is 0 Å². The number of ether oxygens (including phenoxy) is 3. The summed E-state index contributed by atoms with van der Waals surface area (Å²) in [5.74, 6) is 2.05. The van der Waals surface area contributed by atoms with Gasteiger partial charge >= 0.3 is 0 Å². The number of amides is 1. The lowest BCUT2D eigenvalue weighted by Crippen LogP contribution is -2.38. The van der Waals surface area contributed by atoms with Crippen LogP contribution in [0.1, 0.15) is 16.7 Å². The summed E-state index contributed by atoms with van der Waals surface area (Å²) < 4.78 is 17.3. The molecule has 0 bridgehead atoms. The summed E-state index contributed by atoms with van der Waals surface area (Å²) in [6.45, 7) is 3.24. The fourth-order valence-electron chi connectivity index (χ4n) is 3.05.